The lowest BCUT2D eigenvalue weighted by Crippen LogP contribution is -2.27. The highest BCUT2D eigenvalue weighted by atomic mass is 16.5. The third kappa shape index (κ3) is 6.97. The molecule has 4 nitrogen and oxygen atoms in total. The Labute approximate surface area is 111 Å². The van der Waals surface area contributed by atoms with Crippen molar-refractivity contribution in [2.75, 3.05) is 40.4 Å². The topological polar surface area (TPSA) is 41.6 Å². The average molecular weight is 256 g/mol. The summed E-state index contributed by atoms with van der Waals surface area (Å²) >= 11 is 0. The highest BCUT2D eigenvalue weighted by Gasteiger charge is 2.12. The molecule has 18 heavy (non-hydrogen) atoms. The van der Waals surface area contributed by atoms with E-state index in [1.165, 1.54) is 32.1 Å². The van der Waals surface area contributed by atoms with E-state index in [-0.39, 0.29) is 5.91 Å². The second kappa shape index (κ2) is 9.34. The number of rotatable bonds is 8. The molecule has 106 valence electrons. The van der Waals surface area contributed by atoms with Crippen molar-refractivity contribution in [2.45, 2.75) is 38.5 Å². The van der Waals surface area contributed by atoms with E-state index in [1.807, 2.05) is 0 Å². The van der Waals surface area contributed by atoms with Gasteiger partial charge in [-0.05, 0) is 31.7 Å². The molecule has 1 aliphatic rings. The van der Waals surface area contributed by atoms with Crippen molar-refractivity contribution in [3.63, 3.8) is 0 Å². The number of amides is 1. The van der Waals surface area contributed by atoms with E-state index in [4.69, 9.17) is 4.74 Å². The number of unbranched alkanes of at least 4 members (excludes halogenated alkanes) is 1. The number of carbonyl (C=O) groups is 1. The molecule has 0 aromatic rings. The molecule has 0 unspecified atom stereocenters. The van der Waals surface area contributed by atoms with Crippen LogP contribution in [0.1, 0.15) is 38.5 Å². The summed E-state index contributed by atoms with van der Waals surface area (Å²) in [5.74, 6) is 1.08. The van der Waals surface area contributed by atoms with Gasteiger partial charge in [-0.15, -0.1) is 0 Å². The maximum absolute atomic E-state index is 11.3. The standard InChI is InChI=1S/C14H28N2O2/c1-16(2)14(17)6-10-15-9-4-3-5-13-7-11-18-12-8-13/h13,15H,3-12H2,1-2H3. The van der Waals surface area contributed by atoms with Crippen LogP contribution in [0.3, 0.4) is 0 Å². The lowest BCUT2D eigenvalue weighted by Gasteiger charge is -2.21. The van der Waals surface area contributed by atoms with Gasteiger partial charge in [-0.2, -0.15) is 0 Å². The number of hydrogen-bond donors (Lipinski definition) is 1. The van der Waals surface area contributed by atoms with Gasteiger partial charge in [-0.3, -0.25) is 4.79 Å². The molecule has 1 fully saturated rings. The monoisotopic (exact) mass is 256 g/mol. The van der Waals surface area contributed by atoms with E-state index in [9.17, 15) is 4.79 Å². The summed E-state index contributed by atoms with van der Waals surface area (Å²) in [4.78, 5) is 13.0. The summed E-state index contributed by atoms with van der Waals surface area (Å²) in [6.45, 7) is 3.74. The van der Waals surface area contributed by atoms with Gasteiger partial charge in [-0.1, -0.05) is 12.8 Å². The molecule has 0 bridgehead atoms. The third-order valence-corrected chi connectivity index (χ3v) is 3.57. The van der Waals surface area contributed by atoms with E-state index >= 15 is 0 Å². The molecule has 0 aromatic carbocycles. The van der Waals surface area contributed by atoms with Crippen LogP contribution in [-0.4, -0.2) is 51.2 Å². The molecule has 1 heterocycles. The zero-order valence-electron chi connectivity index (χ0n) is 11.9. The number of nitrogens with one attached hydrogen (secondary N) is 1. The molecule has 1 N–H and O–H groups in total. The molecule has 0 spiro atoms. The van der Waals surface area contributed by atoms with Gasteiger partial charge >= 0.3 is 0 Å². The highest BCUT2D eigenvalue weighted by molar-refractivity contribution is 5.75. The minimum atomic E-state index is 0.199. The van der Waals surface area contributed by atoms with Crippen molar-refractivity contribution in [1.82, 2.24) is 10.2 Å². The van der Waals surface area contributed by atoms with Gasteiger partial charge < -0.3 is 15.0 Å². The molecule has 1 rings (SSSR count). The smallest absolute Gasteiger partial charge is 0.223 e. The fourth-order valence-corrected chi connectivity index (χ4v) is 2.26. The number of nitrogens with zero attached hydrogens (tertiary/aromatic N) is 1. The fraction of sp³-hybridized carbons (Fsp3) is 0.929. The SMILES string of the molecule is CN(C)C(=O)CCNCCCCC1CCOCC1. The fourth-order valence-electron chi connectivity index (χ4n) is 2.26. The first kappa shape index (κ1) is 15.4. The first-order chi connectivity index (χ1) is 8.70. The first-order valence-electron chi connectivity index (χ1n) is 7.18. The lowest BCUT2D eigenvalue weighted by atomic mass is 9.94. The first-order valence-corrected chi connectivity index (χ1v) is 7.18. The van der Waals surface area contributed by atoms with Crippen LogP contribution in [-0.2, 0) is 9.53 Å². The van der Waals surface area contributed by atoms with Gasteiger partial charge in [-0.25, -0.2) is 0 Å². The Morgan fingerprint density at radius 2 is 1.94 bits per heavy atom. The zero-order valence-corrected chi connectivity index (χ0v) is 11.9. The highest BCUT2D eigenvalue weighted by Crippen LogP contribution is 2.20. The van der Waals surface area contributed by atoms with Crippen LogP contribution in [0.5, 0.6) is 0 Å². The predicted octanol–water partition coefficient (Wildman–Crippen LogP) is 1.65. The second-order valence-electron chi connectivity index (χ2n) is 5.34. The molecule has 0 saturated carbocycles. The minimum absolute atomic E-state index is 0.199. The Kier molecular flexibility index (Phi) is 8.01. The molecule has 1 aliphatic heterocycles. The number of carbonyl (C=O) groups excluding carboxylic acids is 1. The van der Waals surface area contributed by atoms with Crippen LogP contribution in [0.25, 0.3) is 0 Å². The van der Waals surface area contributed by atoms with Crippen molar-refractivity contribution in [1.29, 1.82) is 0 Å². The van der Waals surface area contributed by atoms with Crippen LogP contribution in [0.2, 0.25) is 0 Å². The Hall–Kier alpha value is -0.610. The quantitative estimate of drug-likeness (QED) is 0.671. The van der Waals surface area contributed by atoms with Gasteiger partial charge in [0.2, 0.25) is 5.91 Å². The maximum Gasteiger partial charge on any atom is 0.223 e. The summed E-state index contributed by atoms with van der Waals surface area (Å²) in [5.41, 5.74) is 0. The molecule has 1 amide bonds. The Balaban J connectivity index is 1.85. The molecular weight excluding hydrogens is 228 g/mol. The van der Waals surface area contributed by atoms with Gasteiger partial charge in [0.25, 0.3) is 0 Å². The average Bonchev–Trinajstić information content (AvgIpc) is 2.38. The van der Waals surface area contributed by atoms with E-state index in [0.717, 1.165) is 32.2 Å². The number of ether oxygens (including phenoxy) is 1. The Morgan fingerprint density at radius 1 is 1.22 bits per heavy atom. The van der Waals surface area contributed by atoms with Crippen molar-refractivity contribution < 1.29 is 9.53 Å². The van der Waals surface area contributed by atoms with Crippen LogP contribution < -0.4 is 5.32 Å². The molecular formula is C14H28N2O2. The summed E-state index contributed by atoms with van der Waals surface area (Å²) in [6.07, 6.45) is 6.93. The second-order valence-corrected chi connectivity index (χ2v) is 5.34. The van der Waals surface area contributed by atoms with E-state index < -0.39 is 0 Å². The predicted molar refractivity (Wildman–Crippen MR) is 73.6 cm³/mol. The Bertz CT molecular complexity index is 226. The van der Waals surface area contributed by atoms with Crippen molar-refractivity contribution in [3.05, 3.63) is 0 Å². The number of hydrogen-bond acceptors (Lipinski definition) is 3. The summed E-state index contributed by atoms with van der Waals surface area (Å²) in [6, 6.07) is 0. The molecule has 0 atom stereocenters. The largest absolute Gasteiger partial charge is 0.381 e. The van der Waals surface area contributed by atoms with Gasteiger partial charge in [0.15, 0.2) is 0 Å². The zero-order chi connectivity index (χ0) is 13.2. The van der Waals surface area contributed by atoms with Crippen molar-refractivity contribution in [2.24, 2.45) is 5.92 Å². The van der Waals surface area contributed by atoms with Gasteiger partial charge in [0, 0.05) is 40.3 Å². The summed E-state index contributed by atoms with van der Waals surface area (Å²) in [5, 5.41) is 3.34. The van der Waals surface area contributed by atoms with Gasteiger partial charge in [0.1, 0.15) is 0 Å². The molecule has 0 aliphatic carbocycles. The molecule has 4 heteroatoms. The van der Waals surface area contributed by atoms with Crippen LogP contribution in [0.4, 0.5) is 0 Å². The van der Waals surface area contributed by atoms with E-state index in [0.29, 0.717) is 6.42 Å². The van der Waals surface area contributed by atoms with Crippen LogP contribution >= 0.6 is 0 Å². The Morgan fingerprint density at radius 3 is 2.61 bits per heavy atom. The summed E-state index contributed by atoms with van der Waals surface area (Å²) < 4.78 is 5.35. The summed E-state index contributed by atoms with van der Waals surface area (Å²) in [7, 11) is 3.60. The molecule has 0 aromatic heterocycles. The van der Waals surface area contributed by atoms with Crippen LogP contribution in [0, 0.1) is 5.92 Å². The lowest BCUT2D eigenvalue weighted by molar-refractivity contribution is -0.128. The van der Waals surface area contributed by atoms with Gasteiger partial charge in [0.05, 0.1) is 0 Å². The molecule has 1 saturated heterocycles. The normalized spacial score (nSPS) is 16.8. The maximum atomic E-state index is 11.3. The third-order valence-electron chi connectivity index (χ3n) is 3.57. The molecule has 0 radical (unpaired) electrons. The van der Waals surface area contributed by atoms with Crippen LogP contribution in [0.15, 0.2) is 0 Å². The van der Waals surface area contributed by atoms with Crippen molar-refractivity contribution in [3.8, 4) is 0 Å². The minimum Gasteiger partial charge on any atom is -0.381 e. The van der Waals surface area contributed by atoms with Crippen molar-refractivity contribution >= 4 is 5.91 Å². The van der Waals surface area contributed by atoms with E-state index in [2.05, 4.69) is 5.32 Å². The van der Waals surface area contributed by atoms with E-state index in [1.54, 1.807) is 19.0 Å².